The molecule has 3 N–H and O–H groups in total. The van der Waals surface area contributed by atoms with Crippen LogP contribution < -0.4 is 5.32 Å². The number of carbonyl (C=O) groups excluding carboxylic acids is 2. The number of carbonyl (C=O) groups is 2. The molecular formula is C25H50N2O8P2. The smallest absolute Gasteiger partial charge is 0.333 e. The van der Waals surface area contributed by atoms with Gasteiger partial charge in [0.15, 0.2) is 0 Å². The Morgan fingerprint density at radius 1 is 0.946 bits per heavy atom. The van der Waals surface area contributed by atoms with Crippen LogP contribution in [0.5, 0.6) is 0 Å². The highest BCUT2D eigenvalue weighted by Gasteiger charge is 2.37. The predicted molar refractivity (Wildman–Crippen MR) is 146 cm³/mol. The first kappa shape index (κ1) is 34.3. The summed E-state index contributed by atoms with van der Waals surface area (Å²) in [7, 11) is -6.97. The van der Waals surface area contributed by atoms with Gasteiger partial charge >= 0.3 is 7.60 Å². The number of rotatable bonds is 17. The molecule has 218 valence electrons. The van der Waals surface area contributed by atoms with Gasteiger partial charge in [-0.15, -0.1) is 0 Å². The molecule has 0 aliphatic carbocycles. The second-order valence-electron chi connectivity index (χ2n) is 11.5. The summed E-state index contributed by atoms with van der Waals surface area (Å²) in [6, 6.07) is -0.427. The maximum Gasteiger partial charge on any atom is 0.333 e. The van der Waals surface area contributed by atoms with Crippen LogP contribution in [0.2, 0.25) is 0 Å². The lowest BCUT2D eigenvalue weighted by Crippen LogP contribution is -2.46. The number of amides is 2. The van der Waals surface area contributed by atoms with Gasteiger partial charge in [0.1, 0.15) is 11.4 Å². The zero-order valence-electron chi connectivity index (χ0n) is 23.7. The standard InChI is InChI=1S/C25H50N2O8P2/c1-24(2,3)37(32,33)35-20-13-11-17-26-23(29)21-15-14-18-27(21)22(28)16-10-8-7-9-12-19-34-25(4,5)36(6,30)31/h21H,7-20H2,1-6H3,(H,26,29)(H,30,31)(H,32,33)/t21-/m0/s1. The maximum atomic E-state index is 12.7. The first-order valence-corrected chi connectivity index (χ1v) is 17.2. The lowest BCUT2D eigenvalue weighted by molar-refractivity contribution is -0.138. The molecule has 1 fully saturated rings. The number of ether oxygens (including phenoxy) is 1. The van der Waals surface area contributed by atoms with E-state index in [0.717, 1.165) is 38.5 Å². The summed E-state index contributed by atoms with van der Waals surface area (Å²) in [5, 5.41) is 1.03. The van der Waals surface area contributed by atoms with E-state index in [1.807, 2.05) is 0 Å². The van der Waals surface area contributed by atoms with Crippen molar-refractivity contribution in [1.82, 2.24) is 10.2 Å². The van der Waals surface area contributed by atoms with E-state index in [9.17, 15) is 28.5 Å². The molecule has 0 radical (unpaired) electrons. The highest BCUT2D eigenvalue weighted by atomic mass is 31.2. The average molecular weight is 569 g/mol. The molecule has 1 aliphatic rings. The first-order chi connectivity index (χ1) is 17.0. The van der Waals surface area contributed by atoms with E-state index in [4.69, 9.17) is 9.26 Å². The molecule has 0 aromatic rings. The molecule has 1 heterocycles. The second kappa shape index (κ2) is 15.1. The van der Waals surface area contributed by atoms with Gasteiger partial charge in [0, 0.05) is 32.8 Å². The van der Waals surface area contributed by atoms with Crippen molar-refractivity contribution in [2.24, 2.45) is 0 Å². The molecule has 0 aromatic carbocycles. The van der Waals surface area contributed by atoms with Gasteiger partial charge in [0.25, 0.3) is 0 Å². The number of likely N-dealkylation sites (tertiary alicyclic amines) is 1. The number of nitrogens with one attached hydrogen (secondary N) is 1. The second-order valence-corrected chi connectivity index (χ2v) is 16.9. The van der Waals surface area contributed by atoms with Crippen LogP contribution in [0, 0.1) is 0 Å². The summed E-state index contributed by atoms with van der Waals surface area (Å²) in [5.74, 6) is -0.129. The van der Waals surface area contributed by atoms with Crippen LogP contribution in [-0.4, -0.2) is 76.0 Å². The number of hydrogen-bond acceptors (Lipinski definition) is 6. The summed E-state index contributed by atoms with van der Waals surface area (Å²) in [6.45, 7) is 11.2. The van der Waals surface area contributed by atoms with Crippen molar-refractivity contribution in [1.29, 1.82) is 0 Å². The minimum absolute atomic E-state index is 0.0126. The van der Waals surface area contributed by atoms with E-state index in [1.165, 1.54) is 6.66 Å². The van der Waals surface area contributed by atoms with Gasteiger partial charge in [0.05, 0.1) is 11.8 Å². The Morgan fingerprint density at radius 3 is 2.16 bits per heavy atom. The molecule has 0 saturated carbocycles. The van der Waals surface area contributed by atoms with Crippen LogP contribution >= 0.6 is 15.0 Å². The van der Waals surface area contributed by atoms with Gasteiger partial charge in [-0.25, -0.2) is 0 Å². The van der Waals surface area contributed by atoms with Crippen LogP contribution in [0.15, 0.2) is 0 Å². The van der Waals surface area contributed by atoms with Crippen molar-refractivity contribution >= 4 is 26.8 Å². The summed E-state index contributed by atoms with van der Waals surface area (Å²) in [5.41, 5.74) is 0. The van der Waals surface area contributed by atoms with Crippen LogP contribution in [0.4, 0.5) is 0 Å². The van der Waals surface area contributed by atoms with Crippen molar-refractivity contribution in [2.45, 2.75) is 115 Å². The summed E-state index contributed by atoms with van der Waals surface area (Å²) in [6.07, 6.45) is 7.42. The number of unbranched alkanes of at least 4 members (excludes halogenated alkanes) is 5. The third kappa shape index (κ3) is 11.9. The van der Waals surface area contributed by atoms with E-state index in [0.29, 0.717) is 45.4 Å². The summed E-state index contributed by atoms with van der Waals surface area (Å²) in [4.78, 5) is 46.6. The molecule has 1 aliphatic heterocycles. The Hall–Kier alpha value is -0.760. The third-order valence-electron chi connectivity index (χ3n) is 6.85. The SMILES string of the molecule is CC(C)(OCCCCCCCC(=O)N1CCC[C@H]1C(=O)NCCCCOP(=O)(O)C(C)(C)C)P(C)(=O)O. The Labute approximate surface area is 223 Å². The lowest BCUT2D eigenvalue weighted by atomic mass is 10.1. The fourth-order valence-corrected chi connectivity index (χ4v) is 4.86. The molecule has 2 amide bonds. The fourth-order valence-electron chi connectivity index (χ4n) is 3.77. The van der Waals surface area contributed by atoms with Crippen molar-refractivity contribution in [3.05, 3.63) is 0 Å². The van der Waals surface area contributed by atoms with E-state index in [1.54, 1.807) is 39.5 Å². The molecule has 3 atom stereocenters. The Balaban J connectivity index is 2.21. The third-order valence-corrected chi connectivity index (χ3v) is 11.2. The fraction of sp³-hybridized carbons (Fsp3) is 0.920. The van der Waals surface area contributed by atoms with Crippen molar-refractivity contribution in [3.8, 4) is 0 Å². The molecule has 0 spiro atoms. The highest BCUT2D eigenvalue weighted by Crippen LogP contribution is 2.54. The zero-order valence-corrected chi connectivity index (χ0v) is 25.5. The number of nitrogens with zero attached hydrogens (tertiary/aromatic N) is 1. The van der Waals surface area contributed by atoms with Crippen LogP contribution in [-0.2, 0) is 28.0 Å². The molecule has 0 aromatic heterocycles. The van der Waals surface area contributed by atoms with Gasteiger partial charge < -0.3 is 29.3 Å². The van der Waals surface area contributed by atoms with E-state index in [-0.39, 0.29) is 18.4 Å². The average Bonchev–Trinajstić information content (AvgIpc) is 3.26. The quantitative estimate of drug-likeness (QED) is 0.167. The van der Waals surface area contributed by atoms with E-state index < -0.39 is 31.5 Å². The highest BCUT2D eigenvalue weighted by molar-refractivity contribution is 7.58. The Morgan fingerprint density at radius 2 is 1.54 bits per heavy atom. The predicted octanol–water partition coefficient (Wildman–Crippen LogP) is 4.87. The maximum absolute atomic E-state index is 12.7. The summed E-state index contributed by atoms with van der Waals surface area (Å²) >= 11 is 0. The van der Waals surface area contributed by atoms with Crippen LogP contribution in [0.25, 0.3) is 0 Å². The first-order valence-electron chi connectivity index (χ1n) is 13.5. The molecule has 1 saturated heterocycles. The topological polar surface area (TPSA) is 142 Å². The van der Waals surface area contributed by atoms with Gasteiger partial charge in [-0.2, -0.15) is 0 Å². The summed E-state index contributed by atoms with van der Waals surface area (Å²) < 4.78 is 34.6. The van der Waals surface area contributed by atoms with Crippen molar-refractivity contribution in [3.63, 3.8) is 0 Å². The molecule has 1 rings (SSSR count). The van der Waals surface area contributed by atoms with Crippen molar-refractivity contribution < 1.29 is 37.8 Å². The molecule has 2 unspecified atom stereocenters. The minimum atomic E-state index is -3.67. The normalized spacial score (nSPS) is 19.9. The van der Waals surface area contributed by atoms with Gasteiger partial charge in [-0.3, -0.25) is 18.7 Å². The zero-order chi connectivity index (χ0) is 28.3. The van der Waals surface area contributed by atoms with Gasteiger partial charge in [0.2, 0.25) is 19.2 Å². The van der Waals surface area contributed by atoms with Gasteiger partial charge in [-0.1, -0.05) is 19.3 Å². The minimum Gasteiger partial charge on any atom is -0.365 e. The van der Waals surface area contributed by atoms with Gasteiger partial charge in [-0.05, 0) is 73.1 Å². The van der Waals surface area contributed by atoms with Crippen molar-refractivity contribution in [2.75, 3.05) is 33.0 Å². The molecule has 12 heteroatoms. The molecule has 10 nitrogen and oxygen atoms in total. The number of hydrogen-bond donors (Lipinski definition) is 3. The molecule has 37 heavy (non-hydrogen) atoms. The lowest BCUT2D eigenvalue weighted by Gasteiger charge is -2.28. The van der Waals surface area contributed by atoms with Crippen LogP contribution in [0.1, 0.15) is 98.8 Å². The monoisotopic (exact) mass is 568 g/mol. The van der Waals surface area contributed by atoms with E-state index >= 15 is 0 Å². The largest absolute Gasteiger partial charge is 0.365 e. The van der Waals surface area contributed by atoms with E-state index in [2.05, 4.69) is 5.32 Å². The Kier molecular flexibility index (Phi) is 14.0. The molecular weight excluding hydrogens is 518 g/mol. The Bertz CT molecular complexity index is 822. The molecule has 0 bridgehead atoms. The van der Waals surface area contributed by atoms with Crippen LogP contribution in [0.3, 0.4) is 0 Å².